The first-order valence-electron chi connectivity index (χ1n) is 6.13. The second-order valence-corrected chi connectivity index (χ2v) is 4.34. The van der Waals surface area contributed by atoms with Crippen LogP contribution < -0.4 is 0 Å². The first-order valence-corrected chi connectivity index (χ1v) is 6.13. The molecule has 0 aliphatic heterocycles. The summed E-state index contributed by atoms with van der Waals surface area (Å²) in [4.78, 5) is 0. The third kappa shape index (κ3) is 3800. The quantitative estimate of drug-likeness (QED) is 0.195. The van der Waals surface area contributed by atoms with Crippen molar-refractivity contribution in [2.24, 2.45) is 0 Å². The fourth-order valence-corrected chi connectivity index (χ4v) is 0. The summed E-state index contributed by atoms with van der Waals surface area (Å²) in [5.74, 6) is 0. The zero-order valence-corrected chi connectivity index (χ0v) is 34.2. The van der Waals surface area contributed by atoms with Crippen LogP contribution in [0.3, 0.4) is 0 Å². The van der Waals surface area contributed by atoms with Crippen molar-refractivity contribution in [3.63, 3.8) is 0 Å². The Morgan fingerprint density at radius 1 is 0.293 bits per heavy atom. The summed E-state index contributed by atoms with van der Waals surface area (Å²) in [7, 11) is 0. The molecule has 0 unspecified atom stereocenters. The van der Waals surface area contributed by atoms with E-state index in [4.69, 9.17) is 152 Å². The molecule has 2 radical (unpaired) electrons. The van der Waals surface area contributed by atoms with Crippen LogP contribution in [-0.2, 0) is 103 Å². The molecular weight excluding hydrogens is 786 g/mol. The number of nitrogens with zero attached hydrogens (tertiary/aromatic N) is 12. The molecule has 8 N–H and O–H groups in total. The Hall–Kier alpha value is -3.40. The molecule has 0 aliphatic rings. The Kier molecular flexibility index (Phi) is 2790. The molecule has 0 aliphatic carbocycles. The number of hydrogen-bond acceptors (Lipinski definition) is 14. The van der Waals surface area contributed by atoms with Crippen LogP contribution >= 0.6 is 0 Å². The third-order valence-electron chi connectivity index (χ3n) is 0. The molecule has 0 saturated carbocycles. The molecule has 0 heterocycles. The van der Waals surface area contributed by atoms with Crippen molar-refractivity contribution in [1.29, 1.82) is 63.1 Å². The van der Waals surface area contributed by atoms with Crippen LogP contribution in [0.2, 0.25) is 0 Å². The van der Waals surface area contributed by atoms with E-state index in [2.05, 4.69) is 0 Å². The smallest absolute Gasteiger partial charge is 0.0563 e. The van der Waals surface area contributed by atoms with Gasteiger partial charge in [0.25, 0.3) is 0 Å². The first kappa shape index (κ1) is 183. The van der Waals surface area contributed by atoms with Crippen molar-refractivity contribution in [3.8, 4) is 0 Å². The van der Waals surface area contributed by atoms with Gasteiger partial charge in [0.05, 0.1) is 11.2 Å². The predicted octanol–water partition coefficient (Wildman–Crippen LogP) is 0.855. The number of aliphatic hydroxyl groups is 2. The van der Waals surface area contributed by atoms with E-state index in [9.17, 15) is 0 Å². The molecule has 21 heteroatoms. The largest absolute Gasteiger partial charge is 0.512 e. The minimum atomic E-state index is -0.500. The van der Waals surface area contributed by atoms with E-state index < -0.39 is 11.2 Å². The number of rotatable bonds is 0. The maximum absolute atomic E-state index is 8.52. The van der Waals surface area contributed by atoms with Crippen LogP contribution in [0.5, 0.6) is 0 Å². The SMILES string of the molecule is CC(C)(C)O.CC(C)(C)O.[C-]#N.[C-]#N.[C-]#N.[C-]#N.[C-]#N.[C-]#N.[C-]#N.[C-]#N.[C-]#N.[C-]#N.[C-]#N.[C-]#N.[Co].[Co].[OH3+].[OH3+].[Zn].[Zn].[Zn]. The standard InChI is InChI=1S/2C4H10O.12CN.2Co.2H2O.3Zn/c2*1-4(2,3)5;12*1-2;;;;;;;/h2*5H,1-3H3;;;;;;;;;;;;;;;2*1H2;;;/q;;12*-1;;;;;;;/p+2. The summed E-state index contributed by atoms with van der Waals surface area (Å²) in [6.45, 7) is 67.5. The van der Waals surface area contributed by atoms with Crippen molar-refractivity contribution in [2.75, 3.05) is 0 Å². The van der Waals surface area contributed by atoms with Gasteiger partial charge < -0.3 is 163 Å². The maximum atomic E-state index is 8.52. The van der Waals surface area contributed by atoms with Gasteiger partial charge in [0.2, 0.25) is 0 Å². The zero-order valence-electron chi connectivity index (χ0n) is 23.2. The van der Waals surface area contributed by atoms with Gasteiger partial charge in [-0.2, -0.15) is 0 Å². The molecule has 16 nitrogen and oxygen atoms in total. The second kappa shape index (κ2) is 627. The Bertz CT molecular complexity index is 382. The summed E-state index contributed by atoms with van der Waals surface area (Å²) in [6.07, 6.45) is 0. The van der Waals surface area contributed by atoms with Gasteiger partial charge in [0.1, 0.15) is 0 Å². The molecule has 0 atom stereocenters. The molecule has 0 aromatic carbocycles. The van der Waals surface area contributed by atoms with Crippen LogP contribution in [0.1, 0.15) is 41.5 Å². The molecule has 0 rings (SSSR count). The molecule has 0 saturated heterocycles. The Morgan fingerprint density at radius 3 is 0.293 bits per heavy atom. The van der Waals surface area contributed by atoms with Crippen molar-refractivity contribution in [1.82, 2.24) is 0 Å². The van der Waals surface area contributed by atoms with E-state index in [0.29, 0.717) is 0 Å². The van der Waals surface area contributed by atoms with Crippen LogP contribution in [0, 0.1) is 142 Å². The molecule has 224 valence electrons. The first-order chi connectivity index (χ1) is 16.0. The molecule has 0 amide bonds. The van der Waals surface area contributed by atoms with Crippen LogP contribution in [-0.4, -0.2) is 21.4 Å². The van der Waals surface area contributed by atoms with Gasteiger partial charge in [0.15, 0.2) is 0 Å². The summed E-state index contributed by atoms with van der Waals surface area (Å²) in [5.41, 5.74) is -1.00. The summed E-state index contributed by atoms with van der Waals surface area (Å²) in [6, 6.07) is 0. The molecule has 41 heavy (non-hydrogen) atoms. The van der Waals surface area contributed by atoms with Gasteiger partial charge in [-0.1, -0.05) is 0 Å². The number of hydrogen-bond donors (Lipinski definition) is 2. The predicted molar refractivity (Wildman–Crippen MR) is 113 cm³/mol. The second-order valence-electron chi connectivity index (χ2n) is 4.34. The molecule has 0 bridgehead atoms. The van der Waals surface area contributed by atoms with E-state index in [1.807, 2.05) is 0 Å². The molecule has 0 spiro atoms. The van der Waals surface area contributed by atoms with E-state index in [-0.39, 0.29) is 103 Å². The van der Waals surface area contributed by atoms with Crippen molar-refractivity contribution < 1.29 is 113 Å². The van der Waals surface area contributed by atoms with Gasteiger partial charge >= 0.3 is 0 Å². The van der Waals surface area contributed by atoms with E-state index in [1.165, 1.54) is 0 Å². The minimum absolute atomic E-state index is 0. The Morgan fingerprint density at radius 2 is 0.293 bits per heavy atom. The minimum Gasteiger partial charge on any atom is -0.512 e. The van der Waals surface area contributed by atoms with Gasteiger partial charge in [-0.25, -0.2) is 0 Å². The Labute approximate surface area is 305 Å². The van der Waals surface area contributed by atoms with Gasteiger partial charge in [-0.15, -0.1) is 0 Å². The van der Waals surface area contributed by atoms with Crippen LogP contribution in [0.15, 0.2) is 0 Å². The topological polar surface area (TPSA) is 392 Å². The Balaban J connectivity index is -0.00000000558. The maximum Gasteiger partial charge on any atom is 0.0563 e. The van der Waals surface area contributed by atoms with Gasteiger partial charge in [0, 0.05) is 92.0 Å². The van der Waals surface area contributed by atoms with E-state index in [1.54, 1.807) is 41.5 Å². The summed E-state index contributed by atoms with van der Waals surface area (Å²) < 4.78 is 0. The van der Waals surface area contributed by atoms with Crippen LogP contribution in [0.25, 0.3) is 0 Å². The van der Waals surface area contributed by atoms with Crippen molar-refractivity contribution in [2.45, 2.75) is 52.7 Å². The fourth-order valence-electron chi connectivity index (χ4n) is 0. The average Bonchev–Trinajstić information content (AvgIpc) is 2.91. The molecular formula is C20H26Co2N12O4Zn3-10. The van der Waals surface area contributed by atoms with E-state index >= 15 is 0 Å². The monoisotopic (exact) mass is 808 g/mol. The molecule has 0 aromatic heterocycles. The van der Waals surface area contributed by atoms with Crippen molar-refractivity contribution >= 4 is 0 Å². The summed E-state index contributed by atoms with van der Waals surface area (Å²) in [5, 5.41) is 92.0. The molecule has 0 aromatic rings. The zero-order chi connectivity index (χ0) is 33.0. The van der Waals surface area contributed by atoms with Crippen molar-refractivity contribution in [3.05, 3.63) is 78.9 Å². The average molecular weight is 813 g/mol. The third-order valence-corrected chi connectivity index (χ3v) is 0. The van der Waals surface area contributed by atoms with Gasteiger partial charge in [-0.05, 0) is 41.5 Å². The van der Waals surface area contributed by atoms with Crippen LogP contribution in [0.4, 0.5) is 0 Å². The normalized spacial score (nSPS) is 3.51. The summed E-state index contributed by atoms with van der Waals surface area (Å²) >= 11 is 0. The van der Waals surface area contributed by atoms with Gasteiger partial charge in [-0.3, -0.25) is 0 Å². The fraction of sp³-hybridized carbons (Fsp3) is 0.400. The van der Waals surface area contributed by atoms with E-state index in [0.717, 1.165) is 0 Å². The molecule has 0 fully saturated rings.